The molecule has 0 aliphatic rings. The Bertz CT molecular complexity index is 368. The van der Waals surface area contributed by atoms with Gasteiger partial charge in [-0.05, 0) is 52.3 Å². The first-order valence-corrected chi connectivity index (χ1v) is 7.26. The number of aliphatic hydroxyl groups excluding tert-OH is 1. The van der Waals surface area contributed by atoms with Crippen molar-refractivity contribution in [3.8, 4) is 0 Å². The molecule has 0 aliphatic heterocycles. The van der Waals surface area contributed by atoms with E-state index in [4.69, 9.17) is 0 Å². The predicted octanol–water partition coefficient (Wildman–Crippen LogP) is 2.54. The van der Waals surface area contributed by atoms with Crippen molar-refractivity contribution in [3.63, 3.8) is 0 Å². The zero-order chi connectivity index (χ0) is 13.8. The molecule has 0 amide bonds. The lowest BCUT2D eigenvalue weighted by Gasteiger charge is -2.22. The quantitative estimate of drug-likeness (QED) is 0.806. The number of aryl methyl sites for hydroxylation is 2. The molecule has 4 heteroatoms. The molecule has 1 unspecified atom stereocenters. The van der Waals surface area contributed by atoms with Gasteiger partial charge in [0, 0.05) is 23.5 Å². The van der Waals surface area contributed by atoms with Crippen LogP contribution in [0.15, 0.2) is 17.2 Å². The van der Waals surface area contributed by atoms with E-state index in [1.807, 2.05) is 6.92 Å². The molecule has 0 aromatic carbocycles. The fourth-order valence-electron chi connectivity index (χ4n) is 1.54. The molecular formula is C14H24N2OS. The lowest BCUT2D eigenvalue weighted by atomic mass is 10.1. The fraction of sp³-hybridized carbons (Fsp3) is 0.643. The minimum atomic E-state index is -0.350. The molecule has 102 valence electrons. The van der Waals surface area contributed by atoms with E-state index in [-0.39, 0.29) is 11.6 Å². The Morgan fingerprint density at radius 2 is 2.00 bits per heavy atom. The molecule has 0 fully saturated rings. The summed E-state index contributed by atoms with van der Waals surface area (Å²) in [5, 5.41) is 14.2. The van der Waals surface area contributed by atoms with Crippen molar-refractivity contribution in [3.05, 3.63) is 23.4 Å². The van der Waals surface area contributed by atoms with Gasteiger partial charge >= 0.3 is 0 Å². The number of aromatic nitrogens is 1. The standard InChI is InChI=1S/C14H24N2OS/c1-10-6-11(2)16-13(7-10)18-9-12(17)8-15-14(3,4)5/h6-7,12,15,17H,8-9H2,1-5H3. The van der Waals surface area contributed by atoms with Gasteiger partial charge in [0.05, 0.1) is 11.1 Å². The third kappa shape index (κ3) is 6.38. The summed E-state index contributed by atoms with van der Waals surface area (Å²) in [6.45, 7) is 11.0. The normalized spacial score (nSPS) is 13.7. The molecule has 1 aromatic rings. The number of hydrogen-bond donors (Lipinski definition) is 2. The smallest absolute Gasteiger partial charge is 0.0966 e. The molecule has 1 aromatic heterocycles. The third-order valence-electron chi connectivity index (χ3n) is 2.37. The highest BCUT2D eigenvalue weighted by Gasteiger charge is 2.12. The summed E-state index contributed by atoms with van der Waals surface area (Å²) in [6.07, 6.45) is -0.350. The molecule has 0 spiro atoms. The van der Waals surface area contributed by atoms with Crippen LogP contribution in [0.3, 0.4) is 0 Å². The lowest BCUT2D eigenvalue weighted by Crippen LogP contribution is -2.41. The Balaban J connectivity index is 2.40. The maximum absolute atomic E-state index is 9.90. The van der Waals surface area contributed by atoms with Gasteiger partial charge in [-0.25, -0.2) is 4.98 Å². The highest BCUT2D eigenvalue weighted by atomic mass is 32.2. The predicted molar refractivity (Wildman–Crippen MR) is 78.2 cm³/mol. The number of hydrogen-bond acceptors (Lipinski definition) is 4. The average Bonchev–Trinajstić information content (AvgIpc) is 2.21. The van der Waals surface area contributed by atoms with Crippen LogP contribution in [0.1, 0.15) is 32.0 Å². The van der Waals surface area contributed by atoms with Gasteiger partial charge in [-0.2, -0.15) is 0 Å². The van der Waals surface area contributed by atoms with Gasteiger partial charge in [0.2, 0.25) is 0 Å². The highest BCUT2D eigenvalue weighted by Crippen LogP contribution is 2.18. The zero-order valence-electron chi connectivity index (χ0n) is 11.9. The van der Waals surface area contributed by atoms with Crippen molar-refractivity contribution < 1.29 is 5.11 Å². The molecule has 0 aliphatic carbocycles. The van der Waals surface area contributed by atoms with Gasteiger partial charge in [0.1, 0.15) is 0 Å². The van der Waals surface area contributed by atoms with Crippen LogP contribution in [0.5, 0.6) is 0 Å². The van der Waals surface area contributed by atoms with E-state index in [9.17, 15) is 5.11 Å². The molecule has 18 heavy (non-hydrogen) atoms. The Hall–Kier alpha value is -0.580. The number of pyridine rings is 1. The summed E-state index contributed by atoms with van der Waals surface area (Å²) >= 11 is 1.61. The van der Waals surface area contributed by atoms with Crippen LogP contribution in [0.4, 0.5) is 0 Å². The van der Waals surface area contributed by atoms with E-state index >= 15 is 0 Å². The van der Waals surface area contributed by atoms with Crippen LogP contribution in [0, 0.1) is 13.8 Å². The number of nitrogens with zero attached hydrogens (tertiary/aromatic N) is 1. The van der Waals surface area contributed by atoms with Gasteiger partial charge in [-0.1, -0.05) is 0 Å². The molecule has 0 saturated heterocycles. The van der Waals surface area contributed by atoms with Crippen molar-refractivity contribution in [2.75, 3.05) is 12.3 Å². The summed E-state index contributed by atoms with van der Waals surface area (Å²) in [6, 6.07) is 4.11. The molecule has 3 nitrogen and oxygen atoms in total. The summed E-state index contributed by atoms with van der Waals surface area (Å²) in [5.41, 5.74) is 2.29. The van der Waals surface area contributed by atoms with Crippen LogP contribution in [0.25, 0.3) is 0 Å². The highest BCUT2D eigenvalue weighted by molar-refractivity contribution is 7.99. The Labute approximate surface area is 114 Å². The fourth-order valence-corrected chi connectivity index (χ4v) is 2.50. The summed E-state index contributed by atoms with van der Waals surface area (Å²) < 4.78 is 0. The second-order valence-corrected chi connectivity index (χ2v) is 6.76. The van der Waals surface area contributed by atoms with Gasteiger partial charge in [0.15, 0.2) is 0 Å². The first-order chi connectivity index (χ1) is 8.26. The molecular weight excluding hydrogens is 244 g/mol. The van der Waals surface area contributed by atoms with Gasteiger partial charge in [-0.15, -0.1) is 11.8 Å². The Morgan fingerprint density at radius 1 is 1.33 bits per heavy atom. The first kappa shape index (κ1) is 15.5. The second-order valence-electron chi connectivity index (χ2n) is 5.72. The van der Waals surface area contributed by atoms with E-state index in [1.54, 1.807) is 11.8 Å². The number of β-amino-alcohol motifs (C(OH)–C–C–N with tert-alkyl or cyclic N) is 1. The van der Waals surface area contributed by atoms with Crippen LogP contribution < -0.4 is 5.32 Å². The maximum atomic E-state index is 9.90. The van der Waals surface area contributed by atoms with Gasteiger partial charge < -0.3 is 10.4 Å². The largest absolute Gasteiger partial charge is 0.391 e. The minimum Gasteiger partial charge on any atom is -0.391 e. The first-order valence-electron chi connectivity index (χ1n) is 6.27. The van der Waals surface area contributed by atoms with Crippen LogP contribution in [0.2, 0.25) is 0 Å². The lowest BCUT2D eigenvalue weighted by molar-refractivity contribution is 0.183. The van der Waals surface area contributed by atoms with Gasteiger partial charge in [0.25, 0.3) is 0 Å². The van der Waals surface area contributed by atoms with Crippen molar-refractivity contribution in [2.45, 2.75) is 51.3 Å². The van der Waals surface area contributed by atoms with E-state index in [0.29, 0.717) is 12.3 Å². The Kier molecular flexibility index (Phi) is 5.63. The average molecular weight is 268 g/mol. The van der Waals surface area contributed by atoms with Crippen molar-refractivity contribution in [2.24, 2.45) is 0 Å². The van der Waals surface area contributed by atoms with Crippen molar-refractivity contribution in [1.29, 1.82) is 0 Å². The Morgan fingerprint density at radius 3 is 2.56 bits per heavy atom. The summed E-state index contributed by atoms with van der Waals surface area (Å²) in [7, 11) is 0. The molecule has 2 N–H and O–H groups in total. The summed E-state index contributed by atoms with van der Waals surface area (Å²) in [5.74, 6) is 0.666. The molecule has 0 saturated carbocycles. The molecule has 1 rings (SSSR count). The zero-order valence-corrected chi connectivity index (χ0v) is 12.8. The van der Waals surface area contributed by atoms with E-state index in [1.165, 1.54) is 5.56 Å². The SMILES string of the molecule is Cc1cc(C)nc(SCC(O)CNC(C)(C)C)c1. The number of aliphatic hydroxyl groups is 1. The topological polar surface area (TPSA) is 45.2 Å². The molecule has 1 atom stereocenters. The van der Waals surface area contributed by atoms with E-state index in [0.717, 1.165) is 10.7 Å². The van der Waals surface area contributed by atoms with Crippen molar-refractivity contribution in [1.82, 2.24) is 10.3 Å². The number of rotatable bonds is 5. The maximum Gasteiger partial charge on any atom is 0.0966 e. The van der Waals surface area contributed by atoms with Crippen LogP contribution >= 0.6 is 11.8 Å². The molecule has 0 bridgehead atoms. The van der Waals surface area contributed by atoms with Crippen LogP contribution in [-0.4, -0.2) is 34.0 Å². The third-order valence-corrected chi connectivity index (χ3v) is 3.42. The molecule has 1 heterocycles. The number of thioether (sulfide) groups is 1. The van der Waals surface area contributed by atoms with Crippen molar-refractivity contribution >= 4 is 11.8 Å². The monoisotopic (exact) mass is 268 g/mol. The number of nitrogens with one attached hydrogen (secondary N) is 1. The second kappa shape index (κ2) is 6.55. The minimum absolute atomic E-state index is 0.0455. The van der Waals surface area contributed by atoms with Gasteiger partial charge in [-0.3, -0.25) is 0 Å². The summed E-state index contributed by atoms with van der Waals surface area (Å²) in [4.78, 5) is 4.45. The molecule has 0 radical (unpaired) electrons. The van der Waals surface area contributed by atoms with Crippen LogP contribution in [-0.2, 0) is 0 Å². The van der Waals surface area contributed by atoms with E-state index in [2.05, 4.69) is 50.1 Å². The van der Waals surface area contributed by atoms with E-state index < -0.39 is 0 Å².